The third-order valence-corrected chi connectivity index (χ3v) is 5.98. The molecule has 1 heterocycles. The van der Waals surface area contributed by atoms with Crippen LogP contribution in [0.3, 0.4) is 0 Å². The molecule has 1 aliphatic heterocycles. The number of carbonyl (C=O) groups is 2. The van der Waals surface area contributed by atoms with Crippen molar-refractivity contribution < 1.29 is 14.3 Å². The SMILES string of the molecule is CC(C)(C)c1cccc(C2(NC(=O)CCl)CCCN(C(=O)OCc3ccccc3)C2)c1. The Kier molecular flexibility index (Phi) is 7.26. The van der Waals surface area contributed by atoms with Crippen LogP contribution in [0.4, 0.5) is 4.79 Å². The van der Waals surface area contributed by atoms with Crippen LogP contribution in [0.15, 0.2) is 54.6 Å². The van der Waals surface area contributed by atoms with Gasteiger partial charge in [0.2, 0.25) is 5.91 Å². The van der Waals surface area contributed by atoms with Crippen LogP contribution in [0.5, 0.6) is 0 Å². The minimum atomic E-state index is -0.697. The van der Waals surface area contributed by atoms with E-state index in [-0.39, 0.29) is 29.9 Å². The minimum Gasteiger partial charge on any atom is -0.445 e. The van der Waals surface area contributed by atoms with E-state index in [2.05, 4.69) is 38.2 Å². The Labute approximate surface area is 189 Å². The lowest BCUT2D eigenvalue weighted by Crippen LogP contribution is -2.58. The molecule has 2 aromatic rings. The summed E-state index contributed by atoms with van der Waals surface area (Å²) in [6, 6.07) is 17.9. The van der Waals surface area contributed by atoms with Gasteiger partial charge in [0.25, 0.3) is 0 Å². The Morgan fingerprint density at radius 2 is 1.87 bits per heavy atom. The molecule has 0 aromatic heterocycles. The zero-order valence-electron chi connectivity index (χ0n) is 18.5. The first kappa shape index (κ1) is 23.1. The maximum atomic E-state index is 12.8. The van der Waals surface area contributed by atoms with E-state index >= 15 is 0 Å². The number of hydrogen-bond donors (Lipinski definition) is 1. The minimum absolute atomic E-state index is 0.0311. The van der Waals surface area contributed by atoms with E-state index in [0.29, 0.717) is 13.1 Å². The van der Waals surface area contributed by atoms with Gasteiger partial charge in [-0.05, 0) is 34.9 Å². The Bertz CT molecular complexity index is 910. The monoisotopic (exact) mass is 442 g/mol. The lowest BCUT2D eigenvalue weighted by Gasteiger charge is -2.43. The molecule has 0 bridgehead atoms. The molecule has 1 saturated heterocycles. The van der Waals surface area contributed by atoms with E-state index in [9.17, 15) is 9.59 Å². The van der Waals surface area contributed by atoms with E-state index in [1.807, 2.05) is 42.5 Å². The van der Waals surface area contributed by atoms with E-state index in [1.54, 1.807) is 4.90 Å². The molecule has 31 heavy (non-hydrogen) atoms. The first-order chi connectivity index (χ1) is 14.7. The number of amides is 2. The molecule has 6 heteroatoms. The normalized spacial score (nSPS) is 19.0. The highest BCUT2D eigenvalue weighted by molar-refractivity contribution is 6.27. The van der Waals surface area contributed by atoms with Crippen molar-refractivity contribution in [2.75, 3.05) is 19.0 Å². The molecule has 3 rings (SSSR count). The highest BCUT2D eigenvalue weighted by atomic mass is 35.5. The molecule has 5 nitrogen and oxygen atoms in total. The summed E-state index contributed by atoms with van der Waals surface area (Å²) in [5.41, 5.74) is 2.37. The third-order valence-electron chi connectivity index (χ3n) is 5.74. The molecule has 0 spiro atoms. The predicted octanol–water partition coefficient (Wildman–Crippen LogP) is 4.97. The molecular formula is C25H31ClN2O3. The fourth-order valence-electron chi connectivity index (χ4n) is 4.02. The van der Waals surface area contributed by atoms with Crippen molar-refractivity contribution in [1.82, 2.24) is 10.2 Å². The second kappa shape index (κ2) is 9.73. The van der Waals surface area contributed by atoms with Crippen LogP contribution >= 0.6 is 11.6 Å². The van der Waals surface area contributed by atoms with Gasteiger partial charge in [-0.15, -0.1) is 11.6 Å². The molecule has 0 saturated carbocycles. The molecule has 166 valence electrons. The molecule has 1 aliphatic rings. The fourth-order valence-corrected chi connectivity index (χ4v) is 4.08. The predicted molar refractivity (Wildman–Crippen MR) is 123 cm³/mol. The standard InChI is InChI=1S/C25H31ClN2O3/c1-24(2,3)20-11-7-12-21(15-20)25(27-22(29)16-26)13-8-14-28(18-25)23(30)31-17-19-9-5-4-6-10-19/h4-7,9-12,15H,8,13-14,16-18H2,1-3H3,(H,27,29). The lowest BCUT2D eigenvalue weighted by atomic mass is 9.78. The van der Waals surface area contributed by atoms with Crippen molar-refractivity contribution in [2.24, 2.45) is 0 Å². The molecule has 1 atom stereocenters. The second-order valence-corrected chi connectivity index (χ2v) is 9.43. The summed E-state index contributed by atoms with van der Waals surface area (Å²) in [4.78, 5) is 26.9. The number of benzene rings is 2. The van der Waals surface area contributed by atoms with Gasteiger partial charge >= 0.3 is 6.09 Å². The Hall–Kier alpha value is -2.53. The number of likely N-dealkylation sites (tertiary alicyclic amines) is 1. The highest BCUT2D eigenvalue weighted by Gasteiger charge is 2.40. The van der Waals surface area contributed by atoms with Gasteiger partial charge in [0.05, 0.1) is 12.1 Å². The second-order valence-electron chi connectivity index (χ2n) is 9.16. The number of hydrogen-bond acceptors (Lipinski definition) is 3. The van der Waals surface area contributed by atoms with Crippen LogP contribution in [0.1, 0.15) is 50.3 Å². The topological polar surface area (TPSA) is 58.6 Å². The van der Waals surface area contributed by atoms with Gasteiger partial charge in [-0.25, -0.2) is 4.79 Å². The van der Waals surface area contributed by atoms with Gasteiger partial charge < -0.3 is 15.0 Å². The molecule has 2 aromatic carbocycles. The van der Waals surface area contributed by atoms with Gasteiger partial charge in [0.1, 0.15) is 12.5 Å². The van der Waals surface area contributed by atoms with Crippen molar-refractivity contribution in [2.45, 2.75) is 51.2 Å². The van der Waals surface area contributed by atoms with Crippen LogP contribution in [0, 0.1) is 0 Å². The van der Waals surface area contributed by atoms with Gasteiger partial charge in [-0.3, -0.25) is 4.79 Å². The molecule has 1 N–H and O–H groups in total. The number of nitrogens with zero attached hydrogens (tertiary/aromatic N) is 1. The number of piperidine rings is 1. The van der Waals surface area contributed by atoms with Crippen molar-refractivity contribution in [3.63, 3.8) is 0 Å². The molecule has 0 radical (unpaired) electrons. The third kappa shape index (κ3) is 5.79. The molecular weight excluding hydrogens is 412 g/mol. The molecule has 0 aliphatic carbocycles. The van der Waals surface area contributed by atoms with Crippen LogP contribution in [0.2, 0.25) is 0 Å². The average Bonchev–Trinajstić information content (AvgIpc) is 2.77. The van der Waals surface area contributed by atoms with E-state index in [1.165, 1.54) is 5.56 Å². The smallest absolute Gasteiger partial charge is 0.410 e. The highest BCUT2D eigenvalue weighted by Crippen LogP contribution is 2.34. The van der Waals surface area contributed by atoms with Crippen LogP contribution in [-0.4, -0.2) is 35.9 Å². The first-order valence-electron chi connectivity index (χ1n) is 10.7. The number of halogens is 1. The zero-order valence-corrected chi connectivity index (χ0v) is 19.2. The summed E-state index contributed by atoms with van der Waals surface area (Å²) >= 11 is 5.82. The van der Waals surface area contributed by atoms with Gasteiger partial charge in [-0.1, -0.05) is 75.4 Å². The molecule has 2 amide bonds. The first-order valence-corrected chi connectivity index (χ1v) is 11.2. The van der Waals surface area contributed by atoms with Gasteiger partial charge in [0, 0.05) is 6.54 Å². The van der Waals surface area contributed by atoms with E-state index in [4.69, 9.17) is 16.3 Å². The number of nitrogens with one attached hydrogen (secondary N) is 1. The molecule has 1 fully saturated rings. The Balaban J connectivity index is 1.84. The summed E-state index contributed by atoms with van der Waals surface area (Å²) in [5.74, 6) is -0.374. The summed E-state index contributed by atoms with van der Waals surface area (Å²) < 4.78 is 5.55. The maximum Gasteiger partial charge on any atom is 0.410 e. The molecule has 1 unspecified atom stereocenters. The van der Waals surface area contributed by atoms with Crippen LogP contribution in [0.25, 0.3) is 0 Å². The Morgan fingerprint density at radius 3 is 2.55 bits per heavy atom. The largest absolute Gasteiger partial charge is 0.445 e. The summed E-state index contributed by atoms with van der Waals surface area (Å²) in [7, 11) is 0. The fraction of sp³-hybridized carbons (Fsp3) is 0.440. The number of alkyl halides is 1. The summed E-state index contributed by atoms with van der Waals surface area (Å²) in [6.45, 7) is 7.62. The lowest BCUT2D eigenvalue weighted by molar-refractivity contribution is -0.121. The quantitative estimate of drug-likeness (QED) is 0.665. The van der Waals surface area contributed by atoms with Crippen molar-refractivity contribution in [3.8, 4) is 0 Å². The van der Waals surface area contributed by atoms with E-state index in [0.717, 1.165) is 24.0 Å². The van der Waals surface area contributed by atoms with Crippen molar-refractivity contribution >= 4 is 23.6 Å². The zero-order chi connectivity index (χ0) is 22.5. The van der Waals surface area contributed by atoms with Crippen LogP contribution < -0.4 is 5.32 Å². The maximum absolute atomic E-state index is 12.8. The summed E-state index contributed by atoms with van der Waals surface area (Å²) in [6.07, 6.45) is 1.11. The number of rotatable bonds is 5. The van der Waals surface area contributed by atoms with Gasteiger partial charge in [0.15, 0.2) is 0 Å². The van der Waals surface area contributed by atoms with Crippen molar-refractivity contribution in [3.05, 3.63) is 71.3 Å². The Morgan fingerprint density at radius 1 is 1.13 bits per heavy atom. The van der Waals surface area contributed by atoms with Crippen molar-refractivity contribution in [1.29, 1.82) is 0 Å². The van der Waals surface area contributed by atoms with E-state index < -0.39 is 5.54 Å². The number of carbonyl (C=O) groups excluding carboxylic acids is 2. The van der Waals surface area contributed by atoms with Crippen LogP contribution in [-0.2, 0) is 27.1 Å². The summed E-state index contributed by atoms with van der Waals surface area (Å²) in [5, 5.41) is 3.12. The van der Waals surface area contributed by atoms with Gasteiger partial charge in [-0.2, -0.15) is 0 Å². The number of ether oxygens (including phenoxy) is 1. The average molecular weight is 443 g/mol.